The molecule has 0 heterocycles. The van der Waals surface area contributed by atoms with E-state index in [2.05, 4.69) is 40.3 Å². The summed E-state index contributed by atoms with van der Waals surface area (Å²) in [6, 6.07) is 23.1. The van der Waals surface area contributed by atoms with Gasteiger partial charge in [0.05, 0.1) is 17.7 Å². The molecule has 0 fully saturated rings. The maximum Gasteiger partial charge on any atom is 0.255 e. The van der Waals surface area contributed by atoms with Crippen molar-refractivity contribution in [3.63, 3.8) is 0 Å². The molecule has 0 aromatic heterocycles. The van der Waals surface area contributed by atoms with Gasteiger partial charge in [-0.05, 0) is 70.4 Å². The minimum atomic E-state index is -0.170. The van der Waals surface area contributed by atoms with Gasteiger partial charge in [0.25, 0.3) is 5.91 Å². The van der Waals surface area contributed by atoms with Crippen LogP contribution in [0.4, 0.5) is 5.69 Å². The van der Waals surface area contributed by atoms with Gasteiger partial charge in [-0.25, -0.2) is 0 Å². The van der Waals surface area contributed by atoms with Crippen molar-refractivity contribution >= 4 is 27.5 Å². The summed E-state index contributed by atoms with van der Waals surface area (Å²) in [4.78, 5) is 12.7. The number of nitrogens with one attached hydrogen (secondary N) is 1. The lowest BCUT2D eigenvalue weighted by Gasteiger charge is -2.11. The predicted octanol–water partition coefficient (Wildman–Crippen LogP) is 7.67. The van der Waals surface area contributed by atoms with Gasteiger partial charge in [0, 0.05) is 17.7 Å². The SMILES string of the molecule is CCCCCCCOc1ccc(NC(=O)c2ccc(OCCc3ccccc3)c(Br)c2)cc1. The van der Waals surface area contributed by atoms with Crippen LogP contribution in [0.1, 0.15) is 54.9 Å². The van der Waals surface area contributed by atoms with Crippen molar-refractivity contribution in [2.24, 2.45) is 0 Å². The van der Waals surface area contributed by atoms with Gasteiger partial charge in [-0.15, -0.1) is 0 Å². The first kappa shape index (κ1) is 24.8. The third-order valence-corrected chi connectivity index (χ3v) is 5.93. The molecule has 174 valence electrons. The molecule has 5 heteroatoms. The summed E-state index contributed by atoms with van der Waals surface area (Å²) in [5.41, 5.74) is 2.52. The first-order chi connectivity index (χ1) is 16.2. The van der Waals surface area contributed by atoms with Crippen molar-refractivity contribution in [1.29, 1.82) is 0 Å². The lowest BCUT2D eigenvalue weighted by molar-refractivity contribution is 0.102. The Bertz CT molecular complexity index is 990. The Kier molecular flexibility index (Phi) is 10.3. The summed E-state index contributed by atoms with van der Waals surface area (Å²) >= 11 is 3.52. The number of unbranched alkanes of at least 4 members (excludes halogenated alkanes) is 4. The average Bonchev–Trinajstić information content (AvgIpc) is 2.84. The Hall–Kier alpha value is -2.79. The molecule has 1 amide bonds. The van der Waals surface area contributed by atoms with E-state index in [4.69, 9.17) is 9.47 Å². The molecule has 0 aliphatic rings. The van der Waals surface area contributed by atoms with Gasteiger partial charge in [0.15, 0.2) is 0 Å². The van der Waals surface area contributed by atoms with E-state index in [-0.39, 0.29) is 5.91 Å². The van der Waals surface area contributed by atoms with Crippen molar-refractivity contribution in [3.8, 4) is 11.5 Å². The van der Waals surface area contributed by atoms with Gasteiger partial charge in [0.2, 0.25) is 0 Å². The highest BCUT2D eigenvalue weighted by atomic mass is 79.9. The van der Waals surface area contributed by atoms with Crippen LogP contribution in [0.3, 0.4) is 0 Å². The highest BCUT2D eigenvalue weighted by Gasteiger charge is 2.10. The van der Waals surface area contributed by atoms with Crippen molar-refractivity contribution in [2.45, 2.75) is 45.4 Å². The molecule has 0 aliphatic heterocycles. The number of ether oxygens (including phenoxy) is 2. The zero-order chi connectivity index (χ0) is 23.3. The number of carbonyl (C=O) groups excluding carboxylic acids is 1. The number of anilines is 1. The molecule has 0 atom stereocenters. The van der Waals surface area contributed by atoms with Crippen LogP contribution in [0, 0.1) is 0 Å². The maximum atomic E-state index is 12.7. The molecule has 3 aromatic rings. The van der Waals surface area contributed by atoms with Crippen molar-refractivity contribution in [1.82, 2.24) is 0 Å². The molecule has 3 rings (SSSR count). The fraction of sp³-hybridized carbons (Fsp3) is 0.321. The Balaban J connectivity index is 1.45. The first-order valence-electron chi connectivity index (χ1n) is 11.7. The standard InChI is InChI=1S/C28H32BrNO3/c1-2-3-4-5-9-19-32-25-15-13-24(14-16-25)30-28(31)23-12-17-27(26(29)21-23)33-20-18-22-10-7-6-8-11-22/h6-8,10-17,21H,2-5,9,18-20H2,1H3,(H,30,31). The molecule has 1 N–H and O–H groups in total. The van der Waals surface area contributed by atoms with Crippen LogP contribution in [-0.4, -0.2) is 19.1 Å². The van der Waals surface area contributed by atoms with Crippen molar-refractivity contribution in [3.05, 3.63) is 88.4 Å². The van der Waals surface area contributed by atoms with Gasteiger partial charge >= 0.3 is 0 Å². The molecule has 0 unspecified atom stereocenters. The average molecular weight is 510 g/mol. The van der Waals surface area contributed by atoms with Crippen LogP contribution >= 0.6 is 15.9 Å². The zero-order valence-corrected chi connectivity index (χ0v) is 20.8. The van der Waals surface area contributed by atoms with Gasteiger partial charge < -0.3 is 14.8 Å². The number of benzene rings is 3. The topological polar surface area (TPSA) is 47.6 Å². The second-order valence-corrected chi connectivity index (χ2v) is 8.82. The quantitative estimate of drug-likeness (QED) is 0.240. The normalized spacial score (nSPS) is 10.6. The number of hydrogen-bond donors (Lipinski definition) is 1. The summed E-state index contributed by atoms with van der Waals surface area (Å²) in [7, 11) is 0. The minimum absolute atomic E-state index is 0.170. The lowest BCUT2D eigenvalue weighted by Crippen LogP contribution is -2.12. The molecule has 0 bridgehead atoms. The van der Waals surface area contributed by atoms with Crippen molar-refractivity contribution < 1.29 is 14.3 Å². The van der Waals surface area contributed by atoms with E-state index in [0.29, 0.717) is 12.2 Å². The highest BCUT2D eigenvalue weighted by Crippen LogP contribution is 2.27. The van der Waals surface area contributed by atoms with Crippen LogP contribution < -0.4 is 14.8 Å². The number of halogens is 1. The lowest BCUT2D eigenvalue weighted by atomic mass is 10.1. The number of hydrogen-bond acceptors (Lipinski definition) is 3. The molecule has 0 saturated carbocycles. The van der Waals surface area contributed by atoms with Crippen LogP contribution in [-0.2, 0) is 6.42 Å². The van der Waals surface area contributed by atoms with Crippen LogP contribution in [0.2, 0.25) is 0 Å². The number of rotatable bonds is 13. The Morgan fingerprint density at radius 2 is 1.61 bits per heavy atom. The Morgan fingerprint density at radius 1 is 0.848 bits per heavy atom. The monoisotopic (exact) mass is 509 g/mol. The summed E-state index contributed by atoms with van der Waals surface area (Å²) in [5.74, 6) is 1.37. The van der Waals surface area contributed by atoms with Crippen LogP contribution in [0.25, 0.3) is 0 Å². The summed E-state index contributed by atoms with van der Waals surface area (Å²) < 4.78 is 12.4. The fourth-order valence-corrected chi connectivity index (χ4v) is 3.91. The molecular formula is C28H32BrNO3. The van der Waals surface area contributed by atoms with E-state index in [0.717, 1.165) is 41.1 Å². The highest BCUT2D eigenvalue weighted by molar-refractivity contribution is 9.10. The second kappa shape index (κ2) is 13.7. The van der Waals surface area contributed by atoms with E-state index < -0.39 is 0 Å². The largest absolute Gasteiger partial charge is 0.494 e. The van der Waals surface area contributed by atoms with E-state index in [1.54, 1.807) is 12.1 Å². The van der Waals surface area contributed by atoms with Crippen molar-refractivity contribution in [2.75, 3.05) is 18.5 Å². The van der Waals surface area contributed by atoms with E-state index in [1.165, 1.54) is 31.2 Å². The Morgan fingerprint density at radius 3 is 2.33 bits per heavy atom. The van der Waals surface area contributed by atoms with Crippen LogP contribution in [0.5, 0.6) is 11.5 Å². The smallest absolute Gasteiger partial charge is 0.255 e. The molecule has 0 aliphatic carbocycles. The van der Waals surface area contributed by atoms with E-state index in [9.17, 15) is 4.79 Å². The number of carbonyl (C=O) groups is 1. The molecule has 3 aromatic carbocycles. The van der Waals surface area contributed by atoms with Gasteiger partial charge in [-0.3, -0.25) is 4.79 Å². The Labute approximate surface area is 205 Å². The molecule has 0 saturated heterocycles. The minimum Gasteiger partial charge on any atom is -0.494 e. The van der Waals surface area contributed by atoms with Crippen LogP contribution in [0.15, 0.2) is 77.3 Å². The first-order valence-corrected chi connectivity index (χ1v) is 12.5. The van der Waals surface area contributed by atoms with Gasteiger partial charge in [0.1, 0.15) is 11.5 Å². The van der Waals surface area contributed by atoms with Gasteiger partial charge in [-0.1, -0.05) is 62.9 Å². The predicted molar refractivity (Wildman–Crippen MR) is 138 cm³/mol. The third-order valence-electron chi connectivity index (χ3n) is 5.31. The molecule has 4 nitrogen and oxygen atoms in total. The van der Waals surface area contributed by atoms with Gasteiger partial charge in [-0.2, -0.15) is 0 Å². The second-order valence-electron chi connectivity index (χ2n) is 7.97. The molecule has 0 spiro atoms. The molecular weight excluding hydrogens is 478 g/mol. The maximum absolute atomic E-state index is 12.7. The summed E-state index contributed by atoms with van der Waals surface area (Å²) in [5, 5.41) is 2.93. The van der Waals surface area contributed by atoms with E-state index in [1.807, 2.05) is 48.5 Å². The fourth-order valence-electron chi connectivity index (χ4n) is 3.42. The van der Waals surface area contributed by atoms with E-state index >= 15 is 0 Å². The number of amides is 1. The summed E-state index contributed by atoms with van der Waals surface area (Å²) in [6.07, 6.45) is 6.90. The molecule has 0 radical (unpaired) electrons. The summed E-state index contributed by atoms with van der Waals surface area (Å²) in [6.45, 7) is 3.51. The molecule has 33 heavy (non-hydrogen) atoms. The third kappa shape index (κ3) is 8.58. The zero-order valence-electron chi connectivity index (χ0n) is 19.2.